The van der Waals surface area contributed by atoms with Crippen molar-refractivity contribution in [1.29, 1.82) is 0 Å². The standard InChI is InChI=1S/C13H17BrN2O2/c1-10-13(17)16(7-6-15-10)8-9-18-12-4-2-11(14)3-5-12/h2-5,10,15H,6-9H2,1H3. The average Bonchev–Trinajstić information content (AvgIpc) is 2.37. The average molecular weight is 313 g/mol. The second kappa shape index (κ2) is 6.20. The largest absolute Gasteiger partial charge is 0.492 e. The Morgan fingerprint density at radius 3 is 2.89 bits per heavy atom. The van der Waals surface area contributed by atoms with Crippen LogP contribution in [-0.4, -0.2) is 43.1 Å². The van der Waals surface area contributed by atoms with E-state index < -0.39 is 0 Å². The highest BCUT2D eigenvalue weighted by Gasteiger charge is 2.23. The molecular formula is C13H17BrN2O2. The molecule has 1 saturated heterocycles. The van der Waals surface area contributed by atoms with Crippen LogP contribution in [0.3, 0.4) is 0 Å². The number of ether oxygens (including phenoxy) is 1. The third-order valence-corrected chi connectivity index (χ3v) is 3.49. The van der Waals surface area contributed by atoms with E-state index in [0.29, 0.717) is 13.2 Å². The first-order valence-electron chi connectivity index (χ1n) is 6.07. The van der Waals surface area contributed by atoms with Gasteiger partial charge in [-0.25, -0.2) is 0 Å². The van der Waals surface area contributed by atoms with Crippen molar-refractivity contribution in [3.05, 3.63) is 28.7 Å². The van der Waals surface area contributed by atoms with Gasteiger partial charge < -0.3 is 15.0 Å². The summed E-state index contributed by atoms with van der Waals surface area (Å²) in [6, 6.07) is 7.62. The monoisotopic (exact) mass is 312 g/mol. The van der Waals surface area contributed by atoms with Gasteiger partial charge in [-0.15, -0.1) is 0 Å². The summed E-state index contributed by atoms with van der Waals surface area (Å²) < 4.78 is 6.64. The smallest absolute Gasteiger partial charge is 0.239 e. The molecular weight excluding hydrogens is 296 g/mol. The predicted octanol–water partition coefficient (Wildman–Crippen LogP) is 1.65. The Balaban J connectivity index is 1.78. The fourth-order valence-corrected chi connectivity index (χ4v) is 2.18. The number of hydrogen-bond acceptors (Lipinski definition) is 3. The summed E-state index contributed by atoms with van der Waals surface area (Å²) in [5.74, 6) is 0.981. The van der Waals surface area contributed by atoms with Gasteiger partial charge in [0.2, 0.25) is 5.91 Å². The van der Waals surface area contributed by atoms with Crippen molar-refractivity contribution in [1.82, 2.24) is 10.2 Å². The molecule has 98 valence electrons. The van der Waals surface area contributed by atoms with E-state index in [1.165, 1.54) is 0 Å². The predicted molar refractivity (Wildman–Crippen MR) is 73.7 cm³/mol. The molecule has 0 spiro atoms. The summed E-state index contributed by atoms with van der Waals surface area (Å²) in [5, 5.41) is 3.14. The molecule has 1 aliphatic rings. The van der Waals surface area contributed by atoms with Crippen LogP contribution in [0.5, 0.6) is 5.75 Å². The molecule has 1 amide bonds. The molecule has 0 bridgehead atoms. The lowest BCUT2D eigenvalue weighted by atomic mass is 10.2. The van der Waals surface area contributed by atoms with Gasteiger partial charge in [-0.2, -0.15) is 0 Å². The number of carbonyl (C=O) groups is 1. The highest BCUT2D eigenvalue weighted by molar-refractivity contribution is 9.10. The van der Waals surface area contributed by atoms with Crippen molar-refractivity contribution in [2.75, 3.05) is 26.2 Å². The highest BCUT2D eigenvalue weighted by atomic mass is 79.9. The lowest BCUT2D eigenvalue weighted by Crippen LogP contribution is -2.54. The molecule has 2 rings (SSSR count). The molecule has 4 nitrogen and oxygen atoms in total. The summed E-state index contributed by atoms with van der Waals surface area (Å²) >= 11 is 3.38. The number of amides is 1. The summed E-state index contributed by atoms with van der Waals surface area (Å²) in [6.07, 6.45) is 0. The number of carbonyl (C=O) groups excluding carboxylic acids is 1. The fourth-order valence-electron chi connectivity index (χ4n) is 1.91. The Labute approximate surface area is 115 Å². The molecule has 1 N–H and O–H groups in total. The zero-order chi connectivity index (χ0) is 13.0. The van der Waals surface area contributed by atoms with E-state index in [1.807, 2.05) is 36.1 Å². The van der Waals surface area contributed by atoms with Crippen molar-refractivity contribution >= 4 is 21.8 Å². The van der Waals surface area contributed by atoms with Gasteiger partial charge in [0.05, 0.1) is 12.6 Å². The van der Waals surface area contributed by atoms with E-state index in [1.54, 1.807) is 0 Å². The van der Waals surface area contributed by atoms with Crippen LogP contribution < -0.4 is 10.1 Å². The third kappa shape index (κ3) is 3.46. The van der Waals surface area contributed by atoms with Gasteiger partial charge in [-0.1, -0.05) is 15.9 Å². The van der Waals surface area contributed by atoms with Gasteiger partial charge in [0.25, 0.3) is 0 Å². The van der Waals surface area contributed by atoms with Crippen molar-refractivity contribution in [3.63, 3.8) is 0 Å². The summed E-state index contributed by atoms with van der Waals surface area (Å²) in [7, 11) is 0. The van der Waals surface area contributed by atoms with Crippen molar-refractivity contribution < 1.29 is 9.53 Å². The number of nitrogens with one attached hydrogen (secondary N) is 1. The summed E-state index contributed by atoms with van der Waals surface area (Å²) in [6.45, 7) is 4.67. The van der Waals surface area contributed by atoms with Gasteiger partial charge in [0.1, 0.15) is 12.4 Å². The fraction of sp³-hybridized carbons (Fsp3) is 0.462. The topological polar surface area (TPSA) is 41.6 Å². The molecule has 18 heavy (non-hydrogen) atoms. The Bertz CT molecular complexity index is 408. The lowest BCUT2D eigenvalue weighted by molar-refractivity contribution is -0.135. The first kappa shape index (κ1) is 13.4. The van der Waals surface area contributed by atoms with Crippen LogP contribution in [0.1, 0.15) is 6.92 Å². The van der Waals surface area contributed by atoms with Gasteiger partial charge >= 0.3 is 0 Å². The molecule has 0 aromatic heterocycles. The van der Waals surface area contributed by atoms with E-state index in [4.69, 9.17) is 4.74 Å². The molecule has 0 aliphatic carbocycles. The van der Waals surface area contributed by atoms with Crippen LogP contribution in [-0.2, 0) is 4.79 Å². The van der Waals surface area contributed by atoms with E-state index in [2.05, 4.69) is 21.2 Å². The van der Waals surface area contributed by atoms with Crippen molar-refractivity contribution in [3.8, 4) is 5.75 Å². The minimum atomic E-state index is -0.0774. The third-order valence-electron chi connectivity index (χ3n) is 2.96. The van der Waals surface area contributed by atoms with E-state index in [0.717, 1.165) is 23.3 Å². The number of halogens is 1. The minimum absolute atomic E-state index is 0.0774. The Hall–Kier alpha value is -1.07. The molecule has 1 atom stereocenters. The quantitative estimate of drug-likeness (QED) is 0.919. The maximum Gasteiger partial charge on any atom is 0.239 e. The Morgan fingerprint density at radius 2 is 2.17 bits per heavy atom. The number of nitrogens with zero attached hydrogens (tertiary/aromatic N) is 1. The van der Waals surface area contributed by atoms with E-state index in [9.17, 15) is 4.79 Å². The number of hydrogen-bond donors (Lipinski definition) is 1. The van der Waals surface area contributed by atoms with Crippen LogP contribution >= 0.6 is 15.9 Å². The highest BCUT2D eigenvalue weighted by Crippen LogP contribution is 2.16. The van der Waals surface area contributed by atoms with Gasteiger partial charge in [0.15, 0.2) is 0 Å². The molecule has 1 unspecified atom stereocenters. The zero-order valence-corrected chi connectivity index (χ0v) is 11.9. The maximum absolute atomic E-state index is 11.8. The molecule has 0 saturated carbocycles. The lowest BCUT2D eigenvalue weighted by Gasteiger charge is -2.31. The van der Waals surface area contributed by atoms with Crippen LogP contribution in [0.4, 0.5) is 0 Å². The SMILES string of the molecule is CC1NCCN(CCOc2ccc(Br)cc2)C1=O. The molecule has 5 heteroatoms. The van der Waals surface area contributed by atoms with Crippen LogP contribution in [0.15, 0.2) is 28.7 Å². The van der Waals surface area contributed by atoms with Gasteiger partial charge in [0, 0.05) is 17.6 Å². The van der Waals surface area contributed by atoms with Crippen LogP contribution in [0, 0.1) is 0 Å². The van der Waals surface area contributed by atoms with Gasteiger partial charge in [-0.05, 0) is 31.2 Å². The van der Waals surface area contributed by atoms with Crippen LogP contribution in [0.2, 0.25) is 0 Å². The van der Waals surface area contributed by atoms with Crippen molar-refractivity contribution in [2.45, 2.75) is 13.0 Å². The molecule has 1 aliphatic heterocycles. The zero-order valence-electron chi connectivity index (χ0n) is 10.4. The number of benzene rings is 1. The van der Waals surface area contributed by atoms with Crippen molar-refractivity contribution in [2.24, 2.45) is 0 Å². The molecule has 1 aromatic rings. The van der Waals surface area contributed by atoms with Gasteiger partial charge in [-0.3, -0.25) is 4.79 Å². The molecule has 1 fully saturated rings. The first-order chi connectivity index (χ1) is 8.66. The van der Waals surface area contributed by atoms with Crippen LogP contribution in [0.25, 0.3) is 0 Å². The summed E-state index contributed by atoms with van der Waals surface area (Å²) in [4.78, 5) is 13.7. The molecule has 0 radical (unpaired) electrons. The Kier molecular flexibility index (Phi) is 4.60. The van der Waals surface area contributed by atoms with E-state index in [-0.39, 0.29) is 11.9 Å². The number of piperazine rings is 1. The minimum Gasteiger partial charge on any atom is -0.492 e. The Morgan fingerprint density at radius 1 is 1.44 bits per heavy atom. The molecule has 1 heterocycles. The molecule has 1 aromatic carbocycles. The first-order valence-corrected chi connectivity index (χ1v) is 6.86. The number of rotatable bonds is 4. The maximum atomic E-state index is 11.8. The summed E-state index contributed by atoms with van der Waals surface area (Å²) in [5.41, 5.74) is 0. The second-order valence-corrected chi connectivity index (χ2v) is 5.22. The second-order valence-electron chi connectivity index (χ2n) is 4.30. The van der Waals surface area contributed by atoms with E-state index >= 15 is 0 Å². The normalized spacial score (nSPS) is 20.0.